The number of halogens is 1. The second-order valence-electron chi connectivity index (χ2n) is 4.62. The first-order chi connectivity index (χ1) is 10.1. The van der Waals surface area contributed by atoms with Gasteiger partial charge in [0.2, 0.25) is 0 Å². The van der Waals surface area contributed by atoms with Crippen molar-refractivity contribution in [1.82, 2.24) is 4.90 Å². The molecule has 0 fully saturated rings. The first kappa shape index (κ1) is 14.8. The van der Waals surface area contributed by atoms with E-state index in [1.165, 1.54) is 24.1 Å². The highest BCUT2D eigenvalue weighted by molar-refractivity contribution is 5.89. The van der Waals surface area contributed by atoms with Crippen molar-refractivity contribution in [2.75, 3.05) is 19.5 Å². The normalized spacial score (nSPS) is 10.0. The van der Waals surface area contributed by atoms with Gasteiger partial charge in [0.05, 0.1) is 7.11 Å². The van der Waals surface area contributed by atoms with Gasteiger partial charge in [-0.3, -0.25) is 0 Å². The van der Waals surface area contributed by atoms with Crippen LogP contribution < -0.4 is 10.1 Å². The fraction of sp³-hybridized carbons (Fsp3) is 0.188. The SMILES string of the molecule is COc1ccc(NC(=O)N(C)Cc2ccccc2)cc1F. The van der Waals surface area contributed by atoms with E-state index < -0.39 is 5.82 Å². The van der Waals surface area contributed by atoms with Crippen molar-refractivity contribution in [2.45, 2.75) is 6.54 Å². The fourth-order valence-electron chi connectivity index (χ4n) is 1.89. The molecule has 1 N–H and O–H groups in total. The monoisotopic (exact) mass is 288 g/mol. The van der Waals surface area contributed by atoms with E-state index in [4.69, 9.17) is 4.74 Å². The molecule has 0 heterocycles. The van der Waals surface area contributed by atoms with Crippen molar-refractivity contribution in [3.8, 4) is 5.75 Å². The Balaban J connectivity index is 1.99. The minimum atomic E-state index is -0.513. The molecule has 0 saturated heterocycles. The van der Waals surface area contributed by atoms with E-state index in [0.717, 1.165) is 5.56 Å². The number of nitrogens with zero attached hydrogens (tertiary/aromatic N) is 1. The number of benzene rings is 2. The minimum absolute atomic E-state index is 0.144. The molecule has 0 aliphatic carbocycles. The number of anilines is 1. The van der Waals surface area contributed by atoms with Crippen LogP contribution in [-0.4, -0.2) is 25.1 Å². The summed E-state index contributed by atoms with van der Waals surface area (Å²) in [6.45, 7) is 0.477. The number of nitrogens with one attached hydrogen (secondary N) is 1. The van der Waals surface area contributed by atoms with Crippen molar-refractivity contribution < 1.29 is 13.9 Å². The van der Waals surface area contributed by atoms with Crippen molar-refractivity contribution in [1.29, 1.82) is 0 Å². The summed E-state index contributed by atoms with van der Waals surface area (Å²) < 4.78 is 18.4. The second-order valence-corrected chi connectivity index (χ2v) is 4.62. The average molecular weight is 288 g/mol. The first-order valence-corrected chi connectivity index (χ1v) is 6.49. The maximum atomic E-state index is 13.6. The van der Waals surface area contributed by atoms with Crippen LogP contribution in [0.3, 0.4) is 0 Å². The Bertz CT molecular complexity index is 617. The molecule has 4 nitrogen and oxygen atoms in total. The third-order valence-corrected chi connectivity index (χ3v) is 3.01. The van der Waals surface area contributed by atoms with Crippen molar-refractivity contribution in [2.24, 2.45) is 0 Å². The van der Waals surface area contributed by atoms with Gasteiger partial charge in [0.15, 0.2) is 11.6 Å². The molecule has 21 heavy (non-hydrogen) atoms. The molecule has 0 radical (unpaired) electrons. The summed E-state index contributed by atoms with van der Waals surface area (Å²) in [7, 11) is 3.08. The van der Waals surface area contributed by atoms with Gasteiger partial charge in [-0.2, -0.15) is 0 Å². The van der Waals surface area contributed by atoms with Crippen molar-refractivity contribution >= 4 is 11.7 Å². The molecule has 5 heteroatoms. The van der Waals surface area contributed by atoms with Gasteiger partial charge in [-0.05, 0) is 17.7 Å². The number of rotatable bonds is 4. The fourth-order valence-corrected chi connectivity index (χ4v) is 1.89. The zero-order chi connectivity index (χ0) is 15.2. The van der Waals surface area contributed by atoms with Gasteiger partial charge in [0, 0.05) is 25.3 Å². The van der Waals surface area contributed by atoms with Gasteiger partial charge in [-0.15, -0.1) is 0 Å². The van der Waals surface area contributed by atoms with Crippen molar-refractivity contribution in [3.63, 3.8) is 0 Å². The highest BCUT2D eigenvalue weighted by Crippen LogP contribution is 2.20. The average Bonchev–Trinajstić information content (AvgIpc) is 2.48. The maximum Gasteiger partial charge on any atom is 0.321 e. The molecule has 2 rings (SSSR count). The van der Waals surface area contributed by atoms with E-state index in [1.807, 2.05) is 30.3 Å². The van der Waals surface area contributed by atoms with Crippen LogP contribution in [0.2, 0.25) is 0 Å². The number of carbonyl (C=O) groups is 1. The Morgan fingerprint density at radius 2 is 1.95 bits per heavy atom. The largest absolute Gasteiger partial charge is 0.494 e. The smallest absolute Gasteiger partial charge is 0.321 e. The molecule has 2 aromatic carbocycles. The number of ether oxygens (including phenoxy) is 1. The highest BCUT2D eigenvalue weighted by atomic mass is 19.1. The van der Waals surface area contributed by atoms with Gasteiger partial charge >= 0.3 is 6.03 Å². The van der Waals surface area contributed by atoms with Crippen LogP contribution in [0.5, 0.6) is 5.75 Å². The number of hydrogen-bond acceptors (Lipinski definition) is 2. The molecule has 0 aromatic heterocycles. The predicted octanol–water partition coefficient (Wildman–Crippen LogP) is 3.50. The molecule has 0 aliphatic heterocycles. The Hall–Kier alpha value is -2.56. The van der Waals surface area contributed by atoms with E-state index in [-0.39, 0.29) is 11.8 Å². The van der Waals surface area contributed by atoms with E-state index in [0.29, 0.717) is 12.2 Å². The molecule has 0 unspecified atom stereocenters. The summed E-state index contributed by atoms with van der Waals surface area (Å²) in [4.78, 5) is 13.6. The van der Waals surface area contributed by atoms with Gasteiger partial charge < -0.3 is 15.0 Å². The van der Waals surface area contributed by atoms with Crippen LogP contribution in [0, 0.1) is 5.82 Å². The molecular weight excluding hydrogens is 271 g/mol. The lowest BCUT2D eigenvalue weighted by Crippen LogP contribution is -2.30. The Morgan fingerprint density at radius 3 is 2.57 bits per heavy atom. The Morgan fingerprint density at radius 1 is 1.24 bits per heavy atom. The number of amides is 2. The highest BCUT2D eigenvalue weighted by Gasteiger charge is 2.11. The molecule has 0 saturated carbocycles. The van der Waals surface area contributed by atoms with Crippen LogP contribution in [0.4, 0.5) is 14.9 Å². The van der Waals surface area contributed by atoms with E-state index in [2.05, 4.69) is 5.32 Å². The second kappa shape index (κ2) is 6.74. The minimum Gasteiger partial charge on any atom is -0.494 e. The topological polar surface area (TPSA) is 41.6 Å². The van der Waals surface area contributed by atoms with Gasteiger partial charge in [0.1, 0.15) is 0 Å². The molecular formula is C16H17FN2O2. The Labute approximate surface area is 123 Å². The summed E-state index contributed by atoms with van der Waals surface area (Å²) in [6.07, 6.45) is 0. The third-order valence-electron chi connectivity index (χ3n) is 3.01. The molecule has 110 valence electrons. The van der Waals surface area contributed by atoms with Gasteiger partial charge in [-0.25, -0.2) is 9.18 Å². The first-order valence-electron chi connectivity index (χ1n) is 6.49. The lowest BCUT2D eigenvalue weighted by Gasteiger charge is -2.18. The number of hydrogen-bond donors (Lipinski definition) is 1. The summed E-state index contributed by atoms with van der Waals surface area (Å²) in [5, 5.41) is 2.65. The molecule has 0 aliphatic rings. The van der Waals surface area contributed by atoms with Crippen LogP contribution in [0.25, 0.3) is 0 Å². The molecule has 0 bridgehead atoms. The van der Waals surface area contributed by atoms with E-state index in [1.54, 1.807) is 13.1 Å². The van der Waals surface area contributed by atoms with E-state index in [9.17, 15) is 9.18 Å². The number of carbonyl (C=O) groups excluding carboxylic acids is 1. The van der Waals surface area contributed by atoms with Gasteiger partial charge in [-0.1, -0.05) is 30.3 Å². The van der Waals surface area contributed by atoms with Crippen LogP contribution in [0.1, 0.15) is 5.56 Å². The molecule has 0 spiro atoms. The summed E-state index contributed by atoms with van der Waals surface area (Å²) in [5.74, 6) is -0.369. The standard InChI is InChI=1S/C16H17FN2O2/c1-19(11-12-6-4-3-5-7-12)16(20)18-13-8-9-15(21-2)14(17)10-13/h3-10H,11H2,1-2H3,(H,18,20). The predicted molar refractivity (Wildman–Crippen MR) is 79.9 cm³/mol. The molecule has 2 aromatic rings. The van der Waals surface area contributed by atoms with Crippen molar-refractivity contribution in [3.05, 3.63) is 59.9 Å². The zero-order valence-electron chi connectivity index (χ0n) is 12.0. The summed E-state index contributed by atoms with van der Waals surface area (Å²) >= 11 is 0. The zero-order valence-corrected chi connectivity index (χ0v) is 12.0. The van der Waals surface area contributed by atoms with Crippen LogP contribution in [-0.2, 0) is 6.54 Å². The lowest BCUT2D eigenvalue weighted by atomic mass is 10.2. The number of methoxy groups -OCH3 is 1. The third kappa shape index (κ3) is 3.95. The molecule has 2 amide bonds. The summed E-state index contributed by atoms with van der Waals surface area (Å²) in [5.41, 5.74) is 1.41. The van der Waals surface area contributed by atoms with E-state index >= 15 is 0 Å². The quantitative estimate of drug-likeness (QED) is 0.935. The number of urea groups is 1. The summed E-state index contributed by atoms with van der Waals surface area (Å²) in [6, 6.07) is 13.6. The van der Waals surface area contributed by atoms with Crippen LogP contribution in [0.15, 0.2) is 48.5 Å². The van der Waals surface area contributed by atoms with Gasteiger partial charge in [0.25, 0.3) is 0 Å². The Kier molecular flexibility index (Phi) is 4.77. The van der Waals surface area contributed by atoms with Crippen LogP contribution >= 0.6 is 0 Å². The molecule has 0 atom stereocenters. The maximum absolute atomic E-state index is 13.6. The lowest BCUT2D eigenvalue weighted by molar-refractivity contribution is 0.220.